The first-order valence-electron chi connectivity index (χ1n) is 27.1. The Bertz CT molecular complexity index is 1410. The maximum atomic E-state index is 12.9. The number of allylic oxidation sites excluding steroid dienone is 15. The lowest BCUT2D eigenvalue weighted by Crippen LogP contribution is -2.45. The van der Waals surface area contributed by atoms with Gasteiger partial charge in [0.25, 0.3) is 7.82 Å². The Balaban J connectivity index is 4.41. The van der Waals surface area contributed by atoms with Crippen molar-refractivity contribution < 1.29 is 32.9 Å². The van der Waals surface area contributed by atoms with Gasteiger partial charge in [0.15, 0.2) is 0 Å². The van der Waals surface area contributed by atoms with Crippen LogP contribution in [0.15, 0.2) is 97.2 Å². The van der Waals surface area contributed by atoms with E-state index in [1.54, 1.807) is 6.08 Å². The second-order valence-electron chi connectivity index (χ2n) is 19.2. The topological polar surface area (TPSA) is 108 Å². The number of nitrogens with zero attached hydrogens (tertiary/aromatic N) is 1. The fourth-order valence-corrected chi connectivity index (χ4v) is 8.04. The Hall–Kier alpha value is -2.58. The highest BCUT2D eigenvalue weighted by Crippen LogP contribution is 2.38. The van der Waals surface area contributed by atoms with Gasteiger partial charge in [0.1, 0.15) is 13.2 Å². The Labute approximate surface area is 413 Å². The summed E-state index contributed by atoms with van der Waals surface area (Å²) in [4.78, 5) is 25.4. The fraction of sp³-hybridized carbons (Fsp3) is 0.707. The van der Waals surface area contributed by atoms with Gasteiger partial charge in [0, 0.05) is 6.42 Å². The van der Waals surface area contributed by atoms with Gasteiger partial charge < -0.3 is 28.8 Å². The molecule has 0 saturated heterocycles. The summed E-state index contributed by atoms with van der Waals surface area (Å²) >= 11 is 0. The lowest BCUT2D eigenvalue weighted by molar-refractivity contribution is -0.870. The summed E-state index contributed by atoms with van der Waals surface area (Å²) in [5.74, 6) is -0.257. The van der Waals surface area contributed by atoms with Gasteiger partial charge >= 0.3 is 0 Å². The number of hydrogen-bond donors (Lipinski definition) is 2. The average Bonchev–Trinajstić information content (AvgIpc) is 3.29. The molecule has 3 atom stereocenters. The highest BCUT2D eigenvalue weighted by atomic mass is 31.2. The van der Waals surface area contributed by atoms with Crippen molar-refractivity contribution >= 4 is 13.7 Å². The van der Waals surface area contributed by atoms with Crippen LogP contribution in [0.4, 0.5) is 0 Å². The molecule has 0 rings (SSSR count). The zero-order valence-electron chi connectivity index (χ0n) is 43.8. The number of quaternary nitrogens is 1. The largest absolute Gasteiger partial charge is 0.756 e. The summed E-state index contributed by atoms with van der Waals surface area (Å²) < 4.78 is 23.3. The van der Waals surface area contributed by atoms with E-state index in [1.165, 1.54) is 116 Å². The van der Waals surface area contributed by atoms with Gasteiger partial charge in [0.05, 0.1) is 39.9 Å². The number of likely N-dealkylation sites (N-methyl/N-ethyl adjacent to an activating group) is 1. The number of phosphoric ester groups is 1. The molecule has 0 saturated carbocycles. The van der Waals surface area contributed by atoms with Crippen LogP contribution in [0, 0.1) is 0 Å². The summed E-state index contributed by atoms with van der Waals surface area (Å²) in [6, 6.07) is -0.924. The first-order chi connectivity index (χ1) is 32.5. The molecule has 67 heavy (non-hydrogen) atoms. The van der Waals surface area contributed by atoms with Crippen molar-refractivity contribution in [1.82, 2.24) is 5.32 Å². The van der Waals surface area contributed by atoms with E-state index in [2.05, 4.69) is 104 Å². The highest BCUT2D eigenvalue weighted by molar-refractivity contribution is 7.45. The molecule has 3 unspecified atom stereocenters. The van der Waals surface area contributed by atoms with E-state index in [-0.39, 0.29) is 18.9 Å². The second kappa shape index (κ2) is 48.4. The predicted molar refractivity (Wildman–Crippen MR) is 288 cm³/mol. The molecule has 0 aliphatic rings. The number of carbonyl (C=O) groups is 1. The molecule has 386 valence electrons. The standard InChI is InChI=1S/C58H103N2O6P/c1-6-8-10-12-14-16-18-20-22-24-26-28-30-32-34-36-38-40-42-44-46-48-50-52-58(62)59-56(55-66-67(63,64)65-54-53-60(3,4)5)57(61)51-49-47-45-43-41-39-37-35-33-31-29-27-25-23-21-19-17-15-13-11-9-7-2/h8,10,14,16,20,22,26,28,32,34,38,40,44,46,49,51,56-57,61H,6-7,9,11-13,15,17-19,21,23-25,27,29-31,33,35-37,39,41-43,45,47-48,50,52-55H2,1-5H3,(H-,59,62,63,64)/b10-8-,16-14-,22-20-,28-26-,34-32-,40-38-,46-44-,51-49+. The van der Waals surface area contributed by atoms with Gasteiger partial charge in [-0.15, -0.1) is 0 Å². The third-order valence-corrected chi connectivity index (χ3v) is 12.5. The minimum atomic E-state index is -4.62. The number of nitrogens with one attached hydrogen (secondary N) is 1. The molecule has 0 aromatic carbocycles. The zero-order chi connectivity index (χ0) is 49.2. The molecule has 0 radical (unpaired) electrons. The Morgan fingerprint density at radius 3 is 1.31 bits per heavy atom. The highest BCUT2D eigenvalue weighted by Gasteiger charge is 2.23. The van der Waals surface area contributed by atoms with Gasteiger partial charge in [0.2, 0.25) is 5.91 Å². The van der Waals surface area contributed by atoms with Crippen LogP contribution in [-0.2, 0) is 18.4 Å². The van der Waals surface area contributed by atoms with E-state index in [1.807, 2.05) is 27.2 Å². The Morgan fingerprint density at radius 2 is 0.910 bits per heavy atom. The Kier molecular flexibility index (Phi) is 46.6. The maximum absolute atomic E-state index is 12.9. The second-order valence-corrected chi connectivity index (χ2v) is 20.6. The van der Waals surface area contributed by atoms with Crippen LogP contribution < -0.4 is 10.2 Å². The number of unbranched alkanes of at least 4 members (excludes halogenated alkanes) is 21. The van der Waals surface area contributed by atoms with Gasteiger partial charge in [-0.25, -0.2) is 0 Å². The van der Waals surface area contributed by atoms with E-state index in [9.17, 15) is 19.4 Å². The fourth-order valence-electron chi connectivity index (χ4n) is 7.32. The summed E-state index contributed by atoms with van der Waals surface area (Å²) in [7, 11) is 1.21. The molecular formula is C58H103N2O6P. The van der Waals surface area contributed by atoms with Crippen LogP contribution in [0.5, 0.6) is 0 Å². The van der Waals surface area contributed by atoms with Crippen LogP contribution in [0.25, 0.3) is 0 Å². The van der Waals surface area contributed by atoms with Gasteiger partial charge in [-0.1, -0.05) is 233 Å². The van der Waals surface area contributed by atoms with Crippen LogP contribution in [0.1, 0.15) is 213 Å². The molecule has 0 fully saturated rings. The van der Waals surface area contributed by atoms with Crippen molar-refractivity contribution in [3.8, 4) is 0 Å². The normalized spacial score (nSPS) is 14.8. The summed E-state index contributed by atoms with van der Waals surface area (Å²) in [5.41, 5.74) is 0. The van der Waals surface area contributed by atoms with Gasteiger partial charge in [-0.05, 0) is 70.6 Å². The molecule has 0 heterocycles. The van der Waals surface area contributed by atoms with E-state index in [4.69, 9.17) is 9.05 Å². The maximum Gasteiger partial charge on any atom is 0.268 e. The number of hydrogen-bond acceptors (Lipinski definition) is 6. The molecule has 0 aliphatic carbocycles. The van der Waals surface area contributed by atoms with E-state index >= 15 is 0 Å². The predicted octanol–water partition coefficient (Wildman–Crippen LogP) is 15.6. The number of amides is 1. The number of rotatable bonds is 48. The number of aliphatic hydroxyl groups excluding tert-OH is 1. The average molecular weight is 955 g/mol. The molecule has 8 nitrogen and oxygen atoms in total. The monoisotopic (exact) mass is 955 g/mol. The van der Waals surface area contributed by atoms with Crippen LogP contribution in [-0.4, -0.2) is 68.5 Å². The molecular weight excluding hydrogens is 852 g/mol. The Morgan fingerprint density at radius 1 is 0.537 bits per heavy atom. The quantitative estimate of drug-likeness (QED) is 0.0272. The summed E-state index contributed by atoms with van der Waals surface area (Å²) in [6.07, 6.45) is 69.1. The number of carbonyl (C=O) groups excluding carboxylic acids is 1. The first-order valence-corrected chi connectivity index (χ1v) is 28.6. The minimum Gasteiger partial charge on any atom is -0.756 e. The van der Waals surface area contributed by atoms with Crippen LogP contribution in [0.2, 0.25) is 0 Å². The zero-order valence-corrected chi connectivity index (χ0v) is 44.7. The van der Waals surface area contributed by atoms with Crippen LogP contribution >= 0.6 is 7.82 Å². The van der Waals surface area contributed by atoms with Crippen molar-refractivity contribution in [2.24, 2.45) is 0 Å². The molecule has 0 aliphatic heterocycles. The van der Waals surface area contributed by atoms with Crippen molar-refractivity contribution in [2.45, 2.75) is 225 Å². The van der Waals surface area contributed by atoms with E-state index in [0.717, 1.165) is 70.6 Å². The van der Waals surface area contributed by atoms with Crippen molar-refractivity contribution in [2.75, 3.05) is 40.9 Å². The molecule has 0 aromatic heterocycles. The molecule has 0 aromatic rings. The summed E-state index contributed by atoms with van der Waals surface area (Å²) in [6.45, 7) is 4.49. The molecule has 1 amide bonds. The van der Waals surface area contributed by atoms with Crippen molar-refractivity contribution in [3.63, 3.8) is 0 Å². The van der Waals surface area contributed by atoms with E-state index in [0.29, 0.717) is 17.4 Å². The van der Waals surface area contributed by atoms with Crippen molar-refractivity contribution in [1.29, 1.82) is 0 Å². The first kappa shape index (κ1) is 64.4. The lowest BCUT2D eigenvalue weighted by atomic mass is 10.0. The SMILES string of the molecule is CC/C=C\C/C=C\C/C=C\C/C=C\C/C=C\C/C=C\C/C=C\CCCC(=O)NC(COP(=O)([O-])OCC[N+](C)(C)C)C(O)/C=C/CCCCCCCCCCCCCCCCCCCCCC. The number of aliphatic hydroxyl groups is 1. The minimum absolute atomic E-state index is 0.0170. The lowest BCUT2D eigenvalue weighted by Gasteiger charge is -2.29. The van der Waals surface area contributed by atoms with Gasteiger partial charge in [-0.3, -0.25) is 9.36 Å². The third-order valence-electron chi connectivity index (χ3n) is 11.5. The van der Waals surface area contributed by atoms with Crippen molar-refractivity contribution in [3.05, 3.63) is 97.2 Å². The molecule has 2 N–H and O–H groups in total. The number of phosphoric acid groups is 1. The van der Waals surface area contributed by atoms with Crippen LogP contribution in [0.3, 0.4) is 0 Å². The molecule has 0 bridgehead atoms. The third kappa shape index (κ3) is 51.1. The molecule has 0 spiro atoms. The van der Waals surface area contributed by atoms with E-state index < -0.39 is 26.6 Å². The summed E-state index contributed by atoms with van der Waals surface area (Å²) in [5, 5.41) is 13.8. The molecule has 9 heteroatoms. The van der Waals surface area contributed by atoms with Gasteiger partial charge in [-0.2, -0.15) is 0 Å². The smallest absolute Gasteiger partial charge is 0.268 e.